The quantitative estimate of drug-likeness (QED) is 0.509. The van der Waals surface area contributed by atoms with E-state index >= 15 is 0 Å². The molecule has 0 fully saturated rings. The van der Waals surface area contributed by atoms with Crippen LogP contribution in [-0.2, 0) is 23.0 Å². The van der Waals surface area contributed by atoms with E-state index in [4.69, 9.17) is 0 Å². The van der Waals surface area contributed by atoms with Crippen molar-refractivity contribution in [2.45, 2.75) is 31.0 Å². The number of thiazole rings is 1. The molecule has 0 aliphatic heterocycles. The highest BCUT2D eigenvalue weighted by atomic mass is 32.2. The molecule has 0 spiro atoms. The van der Waals surface area contributed by atoms with Gasteiger partial charge in [-0.2, -0.15) is 0 Å². The second-order valence-corrected chi connectivity index (χ2v) is 10.3. The minimum absolute atomic E-state index is 0.338. The molecule has 0 radical (unpaired) electrons. The summed E-state index contributed by atoms with van der Waals surface area (Å²) in [7, 11) is -0.318. The zero-order valence-electron chi connectivity index (χ0n) is 15.4. The van der Waals surface area contributed by atoms with Crippen molar-refractivity contribution in [1.29, 1.82) is 0 Å². The van der Waals surface area contributed by atoms with Gasteiger partial charge in [0.05, 0.1) is 17.2 Å². The molecule has 0 bridgehead atoms. The van der Waals surface area contributed by atoms with Gasteiger partial charge in [-0.25, -0.2) is 22.7 Å². The van der Waals surface area contributed by atoms with Gasteiger partial charge in [0.15, 0.2) is 5.96 Å². The Bertz CT molecular complexity index is 840. The predicted molar refractivity (Wildman–Crippen MR) is 109 cm³/mol. The zero-order valence-corrected chi connectivity index (χ0v) is 17.9. The van der Waals surface area contributed by atoms with Crippen LogP contribution >= 0.6 is 22.7 Å². The number of thiophene rings is 1. The Kier molecular flexibility index (Phi) is 7.56. The fraction of sp³-hybridized carbons (Fsp3) is 0.500. The van der Waals surface area contributed by atoms with Gasteiger partial charge in [-0.1, -0.05) is 0 Å². The van der Waals surface area contributed by atoms with E-state index in [1.807, 2.05) is 19.9 Å². The van der Waals surface area contributed by atoms with Gasteiger partial charge in [0.2, 0.25) is 0 Å². The number of hydrogen-bond acceptors (Lipinski definition) is 6. The Labute approximate surface area is 163 Å². The molecule has 144 valence electrons. The molecule has 0 aliphatic rings. The van der Waals surface area contributed by atoms with E-state index < -0.39 is 10.0 Å². The first-order chi connectivity index (χ1) is 12.3. The summed E-state index contributed by atoms with van der Waals surface area (Å²) in [5.74, 6) is 0.713. The zero-order chi connectivity index (χ0) is 19.2. The molecule has 0 saturated carbocycles. The number of aryl methyl sites for hydroxylation is 1. The highest BCUT2D eigenvalue weighted by molar-refractivity contribution is 7.91. The number of nitrogens with zero attached hydrogens (tertiary/aromatic N) is 3. The maximum absolute atomic E-state index is 12.1. The first-order valence-electron chi connectivity index (χ1n) is 8.27. The lowest BCUT2D eigenvalue weighted by molar-refractivity contribution is 0.523. The molecule has 26 heavy (non-hydrogen) atoms. The molecule has 7 nitrogen and oxygen atoms in total. The van der Waals surface area contributed by atoms with Crippen LogP contribution in [0.3, 0.4) is 0 Å². The number of hydrogen-bond donors (Lipinski definition) is 2. The van der Waals surface area contributed by atoms with Crippen LogP contribution in [-0.4, -0.2) is 50.9 Å². The van der Waals surface area contributed by atoms with Crippen LogP contribution in [0.4, 0.5) is 0 Å². The molecule has 2 N–H and O–H groups in total. The van der Waals surface area contributed by atoms with Crippen molar-refractivity contribution < 1.29 is 8.42 Å². The topological polar surface area (TPSA) is 86.7 Å². The number of guanidine groups is 1. The second kappa shape index (κ2) is 9.45. The van der Waals surface area contributed by atoms with Crippen molar-refractivity contribution >= 4 is 38.7 Å². The van der Waals surface area contributed by atoms with E-state index in [9.17, 15) is 8.42 Å². The molecule has 0 atom stereocenters. The second-order valence-electron chi connectivity index (χ2n) is 5.74. The van der Waals surface area contributed by atoms with Crippen molar-refractivity contribution in [1.82, 2.24) is 19.9 Å². The van der Waals surface area contributed by atoms with E-state index in [0.717, 1.165) is 35.1 Å². The molecule has 0 saturated heterocycles. The van der Waals surface area contributed by atoms with Crippen molar-refractivity contribution in [3.05, 3.63) is 33.1 Å². The molecule has 2 aromatic heterocycles. The van der Waals surface area contributed by atoms with Gasteiger partial charge in [0, 0.05) is 43.9 Å². The maximum atomic E-state index is 12.1. The summed E-state index contributed by atoms with van der Waals surface area (Å²) < 4.78 is 25.8. The van der Waals surface area contributed by atoms with Crippen molar-refractivity contribution in [2.75, 3.05) is 27.2 Å². The molecule has 0 unspecified atom stereocenters. The third-order valence-electron chi connectivity index (χ3n) is 3.45. The third kappa shape index (κ3) is 5.76. The molecular formula is C16H25N5O2S3. The van der Waals surface area contributed by atoms with Crippen LogP contribution in [0.5, 0.6) is 0 Å². The SMILES string of the molecule is CCNC(=NCc1ccc(S(=O)(=O)N(C)C)s1)NCCc1csc(C)n1. The maximum Gasteiger partial charge on any atom is 0.252 e. The first-order valence-corrected chi connectivity index (χ1v) is 11.4. The molecule has 2 rings (SSSR count). The lowest BCUT2D eigenvalue weighted by Crippen LogP contribution is -2.38. The van der Waals surface area contributed by atoms with Crippen LogP contribution in [0.15, 0.2) is 26.7 Å². The molecule has 2 heterocycles. The Balaban J connectivity index is 1.95. The minimum atomic E-state index is -3.38. The molecule has 2 aromatic rings. The summed E-state index contributed by atoms with van der Waals surface area (Å²) in [5.41, 5.74) is 1.08. The van der Waals surface area contributed by atoms with Gasteiger partial charge in [0.25, 0.3) is 10.0 Å². The average Bonchev–Trinajstić information content (AvgIpc) is 3.22. The number of sulfonamides is 1. The van der Waals surface area contributed by atoms with E-state index in [-0.39, 0.29) is 0 Å². The third-order valence-corrected chi connectivity index (χ3v) is 7.62. The minimum Gasteiger partial charge on any atom is -0.357 e. The smallest absolute Gasteiger partial charge is 0.252 e. The highest BCUT2D eigenvalue weighted by Crippen LogP contribution is 2.24. The van der Waals surface area contributed by atoms with Crippen molar-refractivity contribution in [2.24, 2.45) is 4.99 Å². The summed E-state index contributed by atoms with van der Waals surface area (Å²) in [6.45, 7) is 5.93. The average molecular weight is 416 g/mol. The Hall–Kier alpha value is -1.49. The Morgan fingerprint density at radius 3 is 2.69 bits per heavy atom. The van der Waals surface area contributed by atoms with Crippen LogP contribution in [0.2, 0.25) is 0 Å². The standard InChI is InChI=1S/C16H25N5O2S3/c1-5-17-16(18-9-8-13-11-24-12(2)20-13)19-10-14-6-7-15(25-14)26(22,23)21(3)4/h6-7,11H,5,8-10H2,1-4H3,(H2,17,18,19). The lowest BCUT2D eigenvalue weighted by atomic mass is 10.3. The van der Waals surface area contributed by atoms with E-state index in [2.05, 4.69) is 26.0 Å². The highest BCUT2D eigenvalue weighted by Gasteiger charge is 2.19. The van der Waals surface area contributed by atoms with Crippen LogP contribution in [0.1, 0.15) is 22.5 Å². The molecule has 0 amide bonds. The van der Waals surface area contributed by atoms with E-state index in [1.54, 1.807) is 17.4 Å². The van der Waals surface area contributed by atoms with E-state index in [0.29, 0.717) is 16.7 Å². The van der Waals surface area contributed by atoms with E-state index in [1.165, 1.54) is 29.7 Å². The van der Waals surface area contributed by atoms with Gasteiger partial charge < -0.3 is 10.6 Å². The monoisotopic (exact) mass is 415 g/mol. The summed E-state index contributed by atoms with van der Waals surface area (Å²) in [4.78, 5) is 9.89. The Morgan fingerprint density at radius 1 is 1.31 bits per heavy atom. The summed E-state index contributed by atoms with van der Waals surface area (Å²) in [5, 5.41) is 9.62. The van der Waals surface area contributed by atoms with Crippen LogP contribution in [0, 0.1) is 6.92 Å². The predicted octanol–water partition coefficient (Wildman–Crippen LogP) is 2.06. The van der Waals surface area contributed by atoms with Gasteiger partial charge in [-0.3, -0.25) is 0 Å². The normalized spacial score (nSPS) is 12.6. The fourth-order valence-corrected chi connectivity index (χ4v) is 5.19. The van der Waals surface area contributed by atoms with Crippen molar-refractivity contribution in [3.63, 3.8) is 0 Å². The van der Waals surface area contributed by atoms with Crippen LogP contribution in [0.25, 0.3) is 0 Å². The lowest BCUT2D eigenvalue weighted by Gasteiger charge is -2.10. The molecule has 10 heteroatoms. The molecule has 0 aliphatic carbocycles. The largest absolute Gasteiger partial charge is 0.357 e. The molecular weight excluding hydrogens is 390 g/mol. The van der Waals surface area contributed by atoms with Gasteiger partial charge in [0.1, 0.15) is 4.21 Å². The molecule has 0 aromatic carbocycles. The first kappa shape index (κ1) is 20.8. The number of aliphatic imine (C=N–C) groups is 1. The summed E-state index contributed by atoms with van der Waals surface area (Å²) >= 11 is 2.90. The van der Waals surface area contributed by atoms with Gasteiger partial charge in [-0.05, 0) is 26.0 Å². The van der Waals surface area contributed by atoms with Gasteiger partial charge in [-0.15, -0.1) is 22.7 Å². The Morgan fingerprint density at radius 2 is 2.08 bits per heavy atom. The number of aromatic nitrogens is 1. The fourth-order valence-electron chi connectivity index (χ4n) is 2.09. The van der Waals surface area contributed by atoms with Gasteiger partial charge >= 0.3 is 0 Å². The number of rotatable bonds is 8. The van der Waals surface area contributed by atoms with Crippen LogP contribution < -0.4 is 10.6 Å². The summed E-state index contributed by atoms with van der Waals surface area (Å²) in [6, 6.07) is 3.45. The number of nitrogens with one attached hydrogen (secondary N) is 2. The van der Waals surface area contributed by atoms with Crippen molar-refractivity contribution in [3.8, 4) is 0 Å². The summed E-state index contributed by atoms with van der Waals surface area (Å²) in [6.07, 6.45) is 0.832.